The Hall–Kier alpha value is -5.20. The van der Waals surface area contributed by atoms with E-state index in [4.69, 9.17) is 13.7 Å². The highest BCUT2D eigenvalue weighted by Gasteiger charge is 2.19. The molecular weight excluding hydrogens is 480 g/mol. The molecule has 40 heavy (non-hydrogen) atoms. The predicted molar refractivity (Wildman–Crippen MR) is 173 cm³/mol. The molecule has 0 aliphatic rings. The van der Waals surface area contributed by atoms with Crippen molar-refractivity contribution in [2.24, 2.45) is 0 Å². The van der Waals surface area contributed by atoms with Gasteiger partial charge in [-0.2, -0.15) is 0 Å². The second-order valence-electron chi connectivity index (χ2n) is 9.75. The van der Waals surface area contributed by atoms with Gasteiger partial charge in [0.2, 0.25) is 0 Å². The number of benzene rings is 8. The van der Waals surface area contributed by atoms with Gasteiger partial charge in [0.1, 0.15) is 0 Å². The molecule has 0 nitrogen and oxygen atoms in total. The molecule has 0 bridgehead atoms. The van der Waals surface area contributed by atoms with Crippen molar-refractivity contribution in [3.8, 4) is 33.4 Å². The van der Waals surface area contributed by atoms with Crippen molar-refractivity contribution in [2.45, 2.75) is 0 Å². The number of fused-ring (bicyclic) bond motifs is 5. The topological polar surface area (TPSA) is 0 Å². The Balaban J connectivity index is 1.71. The summed E-state index contributed by atoms with van der Waals surface area (Å²) in [7, 11) is 0. The van der Waals surface area contributed by atoms with Crippen molar-refractivity contribution in [1.29, 1.82) is 0 Å². The van der Waals surface area contributed by atoms with Crippen molar-refractivity contribution >= 4 is 43.1 Å². The molecule has 8 aromatic carbocycles. The molecule has 0 amide bonds. The van der Waals surface area contributed by atoms with Crippen LogP contribution in [-0.2, 0) is 0 Å². The smallest absolute Gasteiger partial charge is 0.0622 e. The van der Waals surface area contributed by atoms with Crippen molar-refractivity contribution in [3.05, 3.63) is 157 Å². The van der Waals surface area contributed by atoms with E-state index in [0.717, 1.165) is 32.7 Å². The molecule has 0 aliphatic heterocycles. The van der Waals surface area contributed by atoms with Crippen LogP contribution in [0.25, 0.3) is 76.5 Å². The van der Waals surface area contributed by atoms with Crippen LogP contribution in [0.2, 0.25) is 0 Å². The largest absolute Gasteiger partial charge is 0.0629 e. The van der Waals surface area contributed by atoms with Crippen molar-refractivity contribution in [3.63, 3.8) is 0 Å². The van der Waals surface area contributed by atoms with Crippen LogP contribution in [0.15, 0.2) is 157 Å². The van der Waals surface area contributed by atoms with E-state index in [1.807, 2.05) is 66.7 Å². The molecule has 0 N–H and O–H groups in total. The Morgan fingerprint density at radius 3 is 1.45 bits per heavy atom. The number of hydrogen-bond donors (Lipinski definition) is 0. The summed E-state index contributed by atoms with van der Waals surface area (Å²) >= 11 is 0. The van der Waals surface area contributed by atoms with Gasteiger partial charge in [-0.15, -0.1) is 0 Å². The van der Waals surface area contributed by atoms with Gasteiger partial charge in [0.25, 0.3) is 0 Å². The van der Waals surface area contributed by atoms with Gasteiger partial charge in [-0.1, -0.05) is 139 Å². The van der Waals surface area contributed by atoms with Crippen LogP contribution in [0.4, 0.5) is 0 Å². The Morgan fingerprint density at radius 1 is 0.350 bits per heavy atom. The van der Waals surface area contributed by atoms with E-state index in [9.17, 15) is 0 Å². The summed E-state index contributed by atoms with van der Waals surface area (Å²) in [4.78, 5) is 0. The quantitative estimate of drug-likeness (QED) is 0.162. The molecule has 0 saturated carbocycles. The van der Waals surface area contributed by atoms with Crippen LogP contribution in [0, 0.1) is 0 Å². The second kappa shape index (κ2) is 9.22. The van der Waals surface area contributed by atoms with Gasteiger partial charge in [-0.3, -0.25) is 0 Å². The zero-order valence-corrected chi connectivity index (χ0v) is 21.2. The third-order valence-corrected chi connectivity index (χ3v) is 7.59. The van der Waals surface area contributed by atoms with E-state index < -0.39 is 36.3 Å². The fourth-order valence-corrected chi connectivity index (χ4v) is 5.91. The average Bonchev–Trinajstić information content (AvgIpc) is 3.14. The minimum Gasteiger partial charge on any atom is -0.0622 e. The third-order valence-electron chi connectivity index (χ3n) is 7.59. The fraction of sp³-hybridized carbons (Fsp3) is 0. The fourth-order valence-electron chi connectivity index (χ4n) is 5.91. The first kappa shape index (κ1) is 14.8. The molecule has 0 atom stereocenters. The monoisotopic (exact) mass is 516 g/mol. The zero-order valence-electron chi connectivity index (χ0n) is 31.2. The summed E-state index contributed by atoms with van der Waals surface area (Å²) in [6.07, 6.45) is 0. The van der Waals surface area contributed by atoms with Gasteiger partial charge in [0, 0.05) is 0 Å². The lowest BCUT2D eigenvalue weighted by Gasteiger charge is -2.20. The lowest BCUT2D eigenvalue weighted by Crippen LogP contribution is -1.92. The molecule has 0 heteroatoms. The highest BCUT2D eigenvalue weighted by atomic mass is 14.2. The van der Waals surface area contributed by atoms with E-state index in [0.29, 0.717) is 32.7 Å². The van der Waals surface area contributed by atoms with E-state index in [1.165, 1.54) is 0 Å². The molecule has 0 spiro atoms. The summed E-state index contributed by atoms with van der Waals surface area (Å²) in [5.74, 6) is 0. The number of rotatable bonds is 3. The molecule has 0 unspecified atom stereocenters. The Morgan fingerprint density at radius 2 is 0.850 bits per heavy atom. The average molecular weight is 517 g/mol. The maximum Gasteiger partial charge on any atom is 0.0629 e. The highest BCUT2D eigenvalue weighted by Crippen LogP contribution is 2.47. The Kier molecular flexibility index (Phi) is 3.42. The summed E-state index contributed by atoms with van der Waals surface area (Å²) in [5.41, 5.74) is 2.72. The van der Waals surface area contributed by atoms with Crippen LogP contribution in [0.3, 0.4) is 0 Å². The molecule has 0 aliphatic carbocycles. The summed E-state index contributed by atoms with van der Waals surface area (Å²) in [6, 6.07) is 26.7. The molecule has 0 saturated heterocycles. The maximum atomic E-state index is 9.03. The molecular formula is C40H26. The molecule has 8 aromatic rings. The first-order valence-electron chi connectivity index (χ1n) is 18.0. The van der Waals surface area contributed by atoms with Gasteiger partial charge in [0.15, 0.2) is 0 Å². The van der Waals surface area contributed by atoms with Gasteiger partial charge in [-0.25, -0.2) is 0 Å². The molecule has 0 heterocycles. The van der Waals surface area contributed by atoms with Gasteiger partial charge >= 0.3 is 0 Å². The van der Waals surface area contributed by atoms with Crippen LogP contribution in [-0.4, -0.2) is 0 Å². The lowest BCUT2D eigenvalue weighted by atomic mass is 9.83. The van der Waals surface area contributed by atoms with Crippen molar-refractivity contribution < 1.29 is 13.7 Å². The SMILES string of the molecule is [2H]c1c([2H])c([2H])c(-c2c3ccccc3c(-c3c([2H])c([2H])c([2H])c([2H])c3[2H])c3cc4c(cc23)c(-c2ccccc2)cc2ccccc24)c([2H])c1[2H]. The van der Waals surface area contributed by atoms with E-state index in [1.54, 1.807) is 24.3 Å². The summed E-state index contributed by atoms with van der Waals surface area (Å²) in [6.45, 7) is 0. The minimum atomic E-state index is -0.503. The maximum absolute atomic E-state index is 9.03. The Bertz CT molecular complexity index is 2700. The first-order valence-corrected chi connectivity index (χ1v) is 13.0. The van der Waals surface area contributed by atoms with Crippen LogP contribution in [0.5, 0.6) is 0 Å². The van der Waals surface area contributed by atoms with Gasteiger partial charge in [-0.05, 0) is 94.7 Å². The molecule has 0 aromatic heterocycles. The van der Waals surface area contributed by atoms with Gasteiger partial charge < -0.3 is 0 Å². The predicted octanol–water partition coefficient (Wildman–Crippen LogP) is 11.3. The first-order chi connectivity index (χ1) is 24.0. The molecule has 0 fully saturated rings. The summed E-state index contributed by atoms with van der Waals surface area (Å²) in [5, 5.41) is 5.69. The zero-order chi connectivity index (χ0) is 35.2. The molecule has 0 radical (unpaired) electrons. The van der Waals surface area contributed by atoms with Crippen LogP contribution in [0.1, 0.15) is 13.7 Å². The normalized spacial score (nSPS) is 15.0. The molecule has 8 rings (SSSR count). The third kappa shape index (κ3) is 3.54. The second-order valence-corrected chi connectivity index (χ2v) is 9.75. The van der Waals surface area contributed by atoms with Crippen LogP contribution >= 0.6 is 0 Å². The highest BCUT2D eigenvalue weighted by molar-refractivity contribution is 6.26. The standard InChI is InChI=1S/C40H26/c1-4-14-27(15-5-1)34-24-30-20-10-11-21-31(30)35-25-37-38(26-36(34)35)40(29-18-8-3-9-19-29)33-23-13-12-22-32(33)39(37)28-16-6-2-7-17-28/h1-26H/i2D,3D,6D,7D,8D,9D,16D,17D,18D,19D. The van der Waals surface area contributed by atoms with E-state index >= 15 is 0 Å². The minimum absolute atomic E-state index is 0.0196. The molecule has 186 valence electrons. The van der Waals surface area contributed by atoms with Crippen LogP contribution < -0.4 is 0 Å². The van der Waals surface area contributed by atoms with E-state index in [2.05, 4.69) is 6.07 Å². The number of hydrogen-bond acceptors (Lipinski definition) is 0. The van der Waals surface area contributed by atoms with Crippen molar-refractivity contribution in [2.75, 3.05) is 0 Å². The van der Waals surface area contributed by atoms with Gasteiger partial charge in [0.05, 0.1) is 13.7 Å². The lowest BCUT2D eigenvalue weighted by molar-refractivity contribution is 1.65. The van der Waals surface area contributed by atoms with Crippen molar-refractivity contribution in [1.82, 2.24) is 0 Å². The summed E-state index contributed by atoms with van der Waals surface area (Å²) < 4.78 is 86.9. The van der Waals surface area contributed by atoms with E-state index in [-0.39, 0.29) is 35.3 Å². The Labute approximate surface area is 247 Å².